The first-order valence-electron chi connectivity index (χ1n) is 8.53. The number of amides is 1. The number of ether oxygens (including phenoxy) is 2. The average molecular weight is 379 g/mol. The number of esters is 1. The van der Waals surface area contributed by atoms with E-state index in [1.807, 2.05) is 0 Å². The van der Waals surface area contributed by atoms with Crippen LogP contribution in [0.25, 0.3) is 0 Å². The highest BCUT2D eigenvalue weighted by atomic mass is 19.1. The van der Waals surface area contributed by atoms with E-state index >= 15 is 0 Å². The van der Waals surface area contributed by atoms with Crippen molar-refractivity contribution in [1.82, 2.24) is 0 Å². The molecular formula is C22H18FNO4. The Hall–Kier alpha value is -3.67. The normalized spacial score (nSPS) is 11.4. The third kappa shape index (κ3) is 4.73. The Morgan fingerprint density at radius 1 is 0.929 bits per heavy atom. The van der Waals surface area contributed by atoms with Crippen LogP contribution in [0.3, 0.4) is 0 Å². The molecule has 0 radical (unpaired) electrons. The Morgan fingerprint density at radius 2 is 1.64 bits per heavy atom. The molecule has 0 spiro atoms. The number of carbonyl (C=O) groups is 2. The van der Waals surface area contributed by atoms with Crippen LogP contribution in [0.1, 0.15) is 22.0 Å². The Labute approximate surface area is 161 Å². The number of carbonyl (C=O) groups excluding carboxylic acids is 2. The van der Waals surface area contributed by atoms with Crippen LogP contribution in [-0.4, -0.2) is 19.0 Å². The van der Waals surface area contributed by atoms with Crippen molar-refractivity contribution in [3.63, 3.8) is 0 Å². The summed E-state index contributed by atoms with van der Waals surface area (Å²) < 4.78 is 23.7. The van der Waals surface area contributed by atoms with Crippen LogP contribution in [0, 0.1) is 5.82 Å². The fourth-order valence-electron chi connectivity index (χ4n) is 2.57. The van der Waals surface area contributed by atoms with Gasteiger partial charge in [0.1, 0.15) is 11.6 Å². The van der Waals surface area contributed by atoms with E-state index in [1.165, 1.54) is 19.2 Å². The van der Waals surface area contributed by atoms with Crippen molar-refractivity contribution >= 4 is 17.6 Å². The summed E-state index contributed by atoms with van der Waals surface area (Å²) in [5.41, 5.74) is 1.16. The minimum Gasteiger partial charge on any atom is -0.497 e. The fourth-order valence-corrected chi connectivity index (χ4v) is 2.57. The number of rotatable bonds is 6. The largest absolute Gasteiger partial charge is 0.497 e. The maximum absolute atomic E-state index is 13.1. The van der Waals surface area contributed by atoms with Gasteiger partial charge in [-0.25, -0.2) is 9.18 Å². The number of methoxy groups -OCH3 is 1. The lowest BCUT2D eigenvalue weighted by Gasteiger charge is -2.18. The number of hydrogen-bond donors (Lipinski definition) is 1. The molecule has 0 aromatic heterocycles. The lowest BCUT2D eigenvalue weighted by molar-refractivity contribution is -0.125. The quantitative estimate of drug-likeness (QED) is 0.646. The summed E-state index contributed by atoms with van der Waals surface area (Å²) in [5, 5.41) is 2.72. The van der Waals surface area contributed by atoms with Gasteiger partial charge in [0, 0.05) is 17.3 Å². The molecule has 142 valence electrons. The number of benzene rings is 3. The fraction of sp³-hybridized carbons (Fsp3) is 0.0909. The number of anilines is 1. The second-order valence-corrected chi connectivity index (χ2v) is 5.92. The van der Waals surface area contributed by atoms with E-state index in [0.717, 1.165) is 12.1 Å². The summed E-state index contributed by atoms with van der Waals surface area (Å²) in [6.07, 6.45) is -1.18. The third-order valence-corrected chi connectivity index (χ3v) is 3.98. The molecule has 1 atom stereocenters. The zero-order chi connectivity index (χ0) is 19.9. The Kier molecular flexibility index (Phi) is 6.01. The molecule has 5 nitrogen and oxygen atoms in total. The smallest absolute Gasteiger partial charge is 0.339 e. The molecule has 0 saturated carbocycles. The molecule has 0 saturated heterocycles. The van der Waals surface area contributed by atoms with E-state index in [1.54, 1.807) is 54.6 Å². The van der Waals surface area contributed by atoms with Crippen molar-refractivity contribution in [2.45, 2.75) is 6.10 Å². The highest BCUT2D eigenvalue weighted by molar-refractivity contribution is 5.98. The Balaban J connectivity index is 1.83. The predicted octanol–water partition coefficient (Wildman–Crippen LogP) is 4.37. The van der Waals surface area contributed by atoms with Gasteiger partial charge in [-0.15, -0.1) is 0 Å². The third-order valence-electron chi connectivity index (χ3n) is 3.98. The summed E-state index contributed by atoms with van der Waals surface area (Å²) in [6.45, 7) is 0. The Bertz CT molecular complexity index is 958. The molecule has 0 aliphatic heterocycles. The summed E-state index contributed by atoms with van der Waals surface area (Å²) in [7, 11) is 1.53. The van der Waals surface area contributed by atoms with E-state index in [0.29, 0.717) is 17.0 Å². The topological polar surface area (TPSA) is 64.6 Å². The van der Waals surface area contributed by atoms with Gasteiger partial charge >= 0.3 is 5.97 Å². The van der Waals surface area contributed by atoms with Gasteiger partial charge in [0.05, 0.1) is 12.7 Å². The lowest BCUT2D eigenvalue weighted by atomic mass is 10.1. The molecule has 0 heterocycles. The minimum atomic E-state index is -1.18. The van der Waals surface area contributed by atoms with Gasteiger partial charge in [0.25, 0.3) is 5.91 Å². The molecule has 0 aliphatic rings. The summed E-state index contributed by atoms with van der Waals surface area (Å²) in [4.78, 5) is 25.3. The first-order chi connectivity index (χ1) is 13.6. The van der Waals surface area contributed by atoms with Gasteiger partial charge in [-0.2, -0.15) is 0 Å². The van der Waals surface area contributed by atoms with Gasteiger partial charge in [-0.1, -0.05) is 36.4 Å². The van der Waals surface area contributed by atoms with E-state index in [9.17, 15) is 14.0 Å². The van der Waals surface area contributed by atoms with E-state index in [-0.39, 0.29) is 5.56 Å². The van der Waals surface area contributed by atoms with Crippen LogP contribution >= 0.6 is 0 Å². The monoisotopic (exact) mass is 379 g/mol. The molecular weight excluding hydrogens is 361 g/mol. The molecule has 0 bridgehead atoms. The molecule has 1 N–H and O–H groups in total. The zero-order valence-electron chi connectivity index (χ0n) is 15.1. The van der Waals surface area contributed by atoms with Gasteiger partial charge in [-0.3, -0.25) is 4.79 Å². The number of nitrogens with one attached hydrogen (secondary N) is 1. The first-order valence-corrected chi connectivity index (χ1v) is 8.53. The molecule has 3 rings (SSSR count). The SMILES string of the molecule is COc1cccc(NC(=O)C(OC(=O)c2ccc(F)cc2)c2ccccc2)c1. The van der Waals surface area contributed by atoms with E-state index in [4.69, 9.17) is 9.47 Å². The molecule has 6 heteroatoms. The van der Waals surface area contributed by atoms with Crippen molar-refractivity contribution in [2.24, 2.45) is 0 Å². The first kappa shape index (κ1) is 19.1. The van der Waals surface area contributed by atoms with Crippen LogP contribution < -0.4 is 10.1 Å². The molecule has 1 amide bonds. The number of hydrogen-bond acceptors (Lipinski definition) is 4. The van der Waals surface area contributed by atoms with Crippen LogP contribution in [0.5, 0.6) is 5.75 Å². The van der Waals surface area contributed by atoms with Crippen molar-refractivity contribution < 1.29 is 23.5 Å². The van der Waals surface area contributed by atoms with Crippen molar-refractivity contribution in [1.29, 1.82) is 0 Å². The highest BCUT2D eigenvalue weighted by Gasteiger charge is 2.26. The molecule has 28 heavy (non-hydrogen) atoms. The molecule has 3 aromatic rings. The van der Waals surface area contributed by atoms with Gasteiger partial charge in [-0.05, 0) is 36.4 Å². The maximum Gasteiger partial charge on any atom is 0.339 e. The van der Waals surface area contributed by atoms with Crippen molar-refractivity contribution in [3.8, 4) is 5.75 Å². The standard InChI is InChI=1S/C22H18FNO4/c1-27-19-9-5-8-18(14-19)24-21(25)20(15-6-3-2-4-7-15)28-22(26)16-10-12-17(23)13-11-16/h2-14,20H,1H3,(H,24,25). The second kappa shape index (κ2) is 8.81. The molecule has 0 fully saturated rings. The van der Waals surface area contributed by atoms with Crippen LogP contribution in [0.15, 0.2) is 78.9 Å². The highest BCUT2D eigenvalue weighted by Crippen LogP contribution is 2.23. The van der Waals surface area contributed by atoms with Crippen molar-refractivity contribution in [2.75, 3.05) is 12.4 Å². The predicted molar refractivity (Wildman–Crippen MR) is 103 cm³/mol. The van der Waals surface area contributed by atoms with E-state index < -0.39 is 23.8 Å². The Morgan fingerprint density at radius 3 is 2.32 bits per heavy atom. The lowest BCUT2D eigenvalue weighted by Crippen LogP contribution is -2.26. The van der Waals surface area contributed by atoms with Gasteiger partial charge in [0.15, 0.2) is 0 Å². The zero-order valence-corrected chi connectivity index (χ0v) is 15.1. The second-order valence-electron chi connectivity index (χ2n) is 5.92. The maximum atomic E-state index is 13.1. The van der Waals surface area contributed by atoms with Crippen molar-refractivity contribution in [3.05, 3.63) is 95.8 Å². The van der Waals surface area contributed by atoms with Gasteiger partial charge in [0.2, 0.25) is 6.10 Å². The molecule has 0 aliphatic carbocycles. The average Bonchev–Trinajstić information content (AvgIpc) is 2.73. The summed E-state index contributed by atoms with van der Waals surface area (Å²) >= 11 is 0. The van der Waals surface area contributed by atoms with Crippen LogP contribution in [0.2, 0.25) is 0 Å². The summed E-state index contributed by atoms with van der Waals surface area (Å²) in [6, 6.07) is 20.4. The number of halogens is 1. The molecule has 1 unspecified atom stereocenters. The summed E-state index contributed by atoms with van der Waals surface area (Å²) in [5.74, 6) is -1.13. The van der Waals surface area contributed by atoms with Crippen LogP contribution in [-0.2, 0) is 9.53 Å². The van der Waals surface area contributed by atoms with Gasteiger partial charge < -0.3 is 14.8 Å². The molecule has 3 aromatic carbocycles. The van der Waals surface area contributed by atoms with E-state index in [2.05, 4.69) is 5.32 Å². The van der Waals surface area contributed by atoms with Crippen LogP contribution in [0.4, 0.5) is 10.1 Å². The minimum absolute atomic E-state index is 0.150.